The van der Waals surface area contributed by atoms with Crippen LogP contribution in [0.4, 0.5) is 0 Å². The first kappa shape index (κ1) is 67.3. The Balaban J connectivity index is 0.000000316. The maximum absolute atomic E-state index is 12.4. The summed E-state index contributed by atoms with van der Waals surface area (Å²) in [5, 5.41) is 39.7. The van der Waals surface area contributed by atoms with Gasteiger partial charge in [0.2, 0.25) is 0 Å². The van der Waals surface area contributed by atoms with Crippen molar-refractivity contribution in [3.63, 3.8) is 0 Å². The molecule has 0 aliphatic carbocycles. The number of aromatic hydroxyl groups is 4. The van der Waals surface area contributed by atoms with Gasteiger partial charge in [-0.25, -0.2) is 14.6 Å². The summed E-state index contributed by atoms with van der Waals surface area (Å²) in [5.74, 6) is 1.46. The van der Waals surface area contributed by atoms with Gasteiger partial charge in [0, 0.05) is 15.4 Å². The lowest BCUT2D eigenvalue weighted by molar-refractivity contribution is -0.321. The molecule has 0 amide bonds. The third kappa shape index (κ3) is 23.8. The van der Waals surface area contributed by atoms with Crippen LogP contribution in [0.5, 0.6) is 28.7 Å². The number of phenolic OH excluding ortho intramolecular Hbond substituents is 4. The van der Waals surface area contributed by atoms with Crippen molar-refractivity contribution in [2.75, 3.05) is 6.61 Å². The molecule has 1 unspecified atom stereocenters. The second-order valence-corrected chi connectivity index (χ2v) is 25.2. The van der Waals surface area contributed by atoms with E-state index in [2.05, 4.69) is 79.7 Å². The van der Waals surface area contributed by atoms with E-state index >= 15 is 0 Å². The van der Waals surface area contributed by atoms with Crippen molar-refractivity contribution in [2.24, 2.45) is 0 Å². The molecule has 5 rings (SSSR count). The summed E-state index contributed by atoms with van der Waals surface area (Å²) in [6, 6.07) is 21.0. The molecule has 0 heterocycles. The van der Waals surface area contributed by atoms with Gasteiger partial charge in [0.25, 0.3) is 0 Å². The van der Waals surface area contributed by atoms with E-state index in [0.29, 0.717) is 46.3 Å². The third-order valence-corrected chi connectivity index (χ3v) is 15.8. The molecule has 432 valence electrons. The molecule has 0 spiro atoms. The van der Waals surface area contributed by atoms with Crippen molar-refractivity contribution in [3.05, 3.63) is 133 Å². The highest BCUT2D eigenvalue weighted by molar-refractivity contribution is 7.99. The van der Waals surface area contributed by atoms with Gasteiger partial charge < -0.3 is 25.2 Å². The zero-order valence-corrected chi connectivity index (χ0v) is 52.0. The predicted octanol–water partition coefficient (Wildman–Crippen LogP) is 19.8. The van der Waals surface area contributed by atoms with E-state index in [1.807, 2.05) is 65.8 Å². The Morgan fingerprint density at radius 1 is 0.513 bits per heavy atom. The minimum atomic E-state index is -0.414. The SMILES string of the molecule is CCCCCCCCCCCCCCCCCCOOC(C)CCc1cc(C)c(O)c(C)c1.Cc1cc(C(C)(C)C)ccc1OC(=O)c1cc(C)c(O)c(C)c1.Cc1cc(Sc2cc(C(C)(C)C)c(O)cc2C)c(C)cc1O. The first-order valence-electron chi connectivity index (χ1n) is 29.3. The van der Waals surface area contributed by atoms with Crippen LogP contribution in [0.15, 0.2) is 76.5 Å². The van der Waals surface area contributed by atoms with Gasteiger partial charge in [-0.1, -0.05) is 181 Å². The second kappa shape index (κ2) is 33.6. The number of hydrogen-bond acceptors (Lipinski definition) is 9. The molecule has 0 bridgehead atoms. The standard InChI is InChI=1S/C30H54O3.C20H24O3.C19H24O2S/c1-5-6-7-8-9-10-11-12-13-14-15-16-17-18-19-20-23-32-33-28(4)21-22-29-24-26(2)30(31)27(3)25-29;1-12-11-16(20(4,5)6)7-8-17(12)23-19(22)15-9-13(2)18(21)14(3)10-15;1-11-9-17(12(2)7-15(11)20)22-18-10-14(19(4,5)6)16(21)8-13(18)3/h24-25,28,31H,5-23H2,1-4H3;7-11,21H,1-6H3;7-10,20-21H,1-6H3. The number of hydrogen-bond donors (Lipinski definition) is 4. The van der Waals surface area contributed by atoms with Crippen LogP contribution in [0.3, 0.4) is 0 Å². The minimum absolute atomic E-state index is 0.0540. The van der Waals surface area contributed by atoms with Crippen LogP contribution in [0.25, 0.3) is 0 Å². The summed E-state index contributed by atoms with van der Waals surface area (Å²) in [6.45, 7) is 33.1. The monoisotopic (exact) mass is 1090 g/mol. The molecule has 0 aliphatic rings. The van der Waals surface area contributed by atoms with Crippen molar-refractivity contribution in [1.82, 2.24) is 0 Å². The summed E-state index contributed by atoms with van der Waals surface area (Å²) in [7, 11) is 0. The van der Waals surface area contributed by atoms with Gasteiger partial charge in [-0.2, -0.15) is 0 Å². The Morgan fingerprint density at radius 3 is 1.45 bits per heavy atom. The molecule has 0 fully saturated rings. The molecule has 9 heteroatoms. The number of carbonyl (C=O) groups is 1. The van der Waals surface area contributed by atoms with E-state index in [4.69, 9.17) is 14.5 Å². The molecule has 0 saturated carbocycles. The quantitative estimate of drug-likeness (QED) is 0.0141. The number of ether oxygens (including phenoxy) is 1. The number of phenols is 4. The van der Waals surface area contributed by atoms with Gasteiger partial charge in [0.1, 0.15) is 28.7 Å². The predicted molar refractivity (Wildman–Crippen MR) is 328 cm³/mol. The van der Waals surface area contributed by atoms with E-state index in [-0.39, 0.29) is 22.7 Å². The molecule has 0 aliphatic heterocycles. The zero-order valence-electron chi connectivity index (χ0n) is 51.2. The van der Waals surface area contributed by atoms with E-state index in [9.17, 15) is 25.2 Å². The normalized spacial score (nSPS) is 11.9. The Hall–Kier alpha value is -4.96. The van der Waals surface area contributed by atoms with Crippen LogP contribution in [0, 0.1) is 55.4 Å². The Kier molecular flexibility index (Phi) is 29.0. The average Bonchev–Trinajstić information content (AvgIpc) is 3.37. The van der Waals surface area contributed by atoms with E-state index in [1.54, 1.807) is 43.8 Å². The number of esters is 1. The van der Waals surface area contributed by atoms with Gasteiger partial charge in [-0.15, -0.1) is 0 Å². The molecule has 0 saturated heterocycles. The first-order chi connectivity index (χ1) is 36.7. The first-order valence-corrected chi connectivity index (χ1v) is 30.1. The summed E-state index contributed by atoms with van der Waals surface area (Å²) in [6.07, 6.45) is 24.1. The van der Waals surface area contributed by atoms with Crippen LogP contribution < -0.4 is 4.74 Å². The van der Waals surface area contributed by atoms with Crippen molar-refractivity contribution in [2.45, 2.75) is 253 Å². The molecule has 5 aromatic rings. The van der Waals surface area contributed by atoms with Crippen molar-refractivity contribution < 1.29 is 39.7 Å². The molecular formula is C69H102O8S. The fraction of sp³-hybridized carbons (Fsp3) is 0.551. The van der Waals surface area contributed by atoms with Gasteiger partial charge in [0.05, 0.1) is 18.3 Å². The van der Waals surface area contributed by atoms with Crippen molar-refractivity contribution in [3.8, 4) is 28.7 Å². The van der Waals surface area contributed by atoms with Gasteiger partial charge in [0.15, 0.2) is 0 Å². The highest BCUT2D eigenvalue weighted by atomic mass is 32.2. The van der Waals surface area contributed by atoms with Crippen molar-refractivity contribution in [1.29, 1.82) is 0 Å². The van der Waals surface area contributed by atoms with Gasteiger partial charge in [-0.05, 0) is 191 Å². The zero-order chi connectivity index (χ0) is 58.2. The van der Waals surface area contributed by atoms with Crippen LogP contribution in [0.1, 0.15) is 236 Å². The van der Waals surface area contributed by atoms with E-state index in [0.717, 1.165) is 68.0 Å². The van der Waals surface area contributed by atoms with E-state index < -0.39 is 5.97 Å². The largest absolute Gasteiger partial charge is 0.508 e. The second-order valence-electron chi connectivity index (χ2n) is 24.1. The minimum Gasteiger partial charge on any atom is -0.508 e. The lowest BCUT2D eigenvalue weighted by atomic mass is 9.86. The smallest absolute Gasteiger partial charge is 0.343 e. The highest BCUT2D eigenvalue weighted by Gasteiger charge is 2.21. The topological polar surface area (TPSA) is 126 Å². The van der Waals surface area contributed by atoms with Crippen LogP contribution in [-0.4, -0.2) is 39.1 Å². The molecule has 4 N–H and O–H groups in total. The van der Waals surface area contributed by atoms with Crippen LogP contribution in [0.2, 0.25) is 0 Å². The lowest BCUT2D eigenvalue weighted by Crippen LogP contribution is -2.13. The fourth-order valence-electron chi connectivity index (χ4n) is 9.33. The van der Waals surface area contributed by atoms with Crippen LogP contribution >= 0.6 is 11.8 Å². The van der Waals surface area contributed by atoms with Gasteiger partial charge >= 0.3 is 5.97 Å². The fourth-order valence-corrected chi connectivity index (χ4v) is 10.4. The Labute approximate surface area is 477 Å². The Morgan fingerprint density at radius 2 is 0.974 bits per heavy atom. The highest BCUT2D eigenvalue weighted by Crippen LogP contribution is 2.41. The maximum Gasteiger partial charge on any atom is 0.343 e. The summed E-state index contributed by atoms with van der Waals surface area (Å²) < 4.78 is 5.53. The molecule has 8 nitrogen and oxygen atoms in total. The summed E-state index contributed by atoms with van der Waals surface area (Å²) >= 11 is 1.68. The molecule has 5 aromatic carbocycles. The number of benzene rings is 5. The number of rotatable bonds is 26. The maximum atomic E-state index is 12.4. The summed E-state index contributed by atoms with van der Waals surface area (Å²) in [5.41, 5.74) is 10.9. The lowest BCUT2D eigenvalue weighted by Gasteiger charge is -2.22. The summed E-state index contributed by atoms with van der Waals surface area (Å²) in [4.78, 5) is 25.6. The molecule has 78 heavy (non-hydrogen) atoms. The average molecular weight is 1090 g/mol. The number of carbonyl (C=O) groups excluding carboxylic acids is 1. The Bertz CT molecular complexity index is 2570. The van der Waals surface area contributed by atoms with Crippen LogP contribution in [-0.2, 0) is 27.0 Å². The molecule has 0 aromatic heterocycles. The molecule has 0 radical (unpaired) electrons. The molecule has 1 atom stereocenters. The van der Waals surface area contributed by atoms with E-state index in [1.165, 1.54) is 107 Å². The third-order valence-electron chi connectivity index (χ3n) is 14.5. The number of unbranched alkanes of at least 4 members (excludes halogenated alkanes) is 15. The van der Waals surface area contributed by atoms with Crippen molar-refractivity contribution >= 4 is 17.7 Å². The number of aryl methyl sites for hydroxylation is 9. The molecular weight excluding hydrogens is 989 g/mol. The van der Waals surface area contributed by atoms with Gasteiger partial charge in [-0.3, -0.25) is 0 Å².